The van der Waals surface area contributed by atoms with Crippen molar-refractivity contribution in [3.63, 3.8) is 0 Å². The molecule has 1 aliphatic heterocycles. The van der Waals surface area contributed by atoms with Crippen LogP contribution in [-0.2, 0) is 9.53 Å². The molecule has 0 aromatic rings. The summed E-state index contributed by atoms with van der Waals surface area (Å²) in [4.78, 5) is 11.8. The lowest BCUT2D eigenvalue weighted by atomic mass is 9.50. The van der Waals surface area contributed by atoms with Gasteiger partial charge in [0.15, 0.2) is 5.78 Å². The van der Waals surface area contributed by atoms with Crippen LogP contribution in [0.2, 0.25) is 0 Å². The Morgan fingerprint density at radius 1 is 1.04 bits per heavy atom. The maximum atomic E-state index is 11.8. The van der Waals surface area contributed by atoms with E-state index in [9.17, 15) is 4.79 Å². The number of hydrogen-bond donors (Lipinski definition) is 0. The maximum Gasteiger partial charge on any atom is 0.155 e. The summed E-state index contributed by atoms with van der Waals surface area (Å²) >= 11 is 0. The largest absolute Gasteiger partial charge is 0.374 e. The first-order valence-electron chi connectivity index (χ1n) is 10.0. The fourth-order valence-electron chi connectivity index (χ4n) is 7.62. The van der Waals surface area contributed by atoms with Gasteiger partial charge in [0, 0.05) is 13.0 Å². The quantitative estimate of drug-likeness (QED) is 0.649. The van der Waals surface area contributed by atoms with Crippen molar-refractivity contribution in [2.24, 2.45) is 29.1 Å². The maximum absolute atomic E-state index is 11.8. The van der Waals surface area contributed by atoms with Gasteiger partial charge >= 0.3 is 0 Å². The van der Waals surface area contributed by atoms with Crippen LogP contribution in [0, 0.1) is 29.1 Å². The number of ether oxygens (including phenoxy) is 1. The Morgan fingerprint density at radius 2 is 1.96 bits per heavy atom. The molecule has 6 atom stereocenters. The van der Waals surface area contributed by atoms with Crippen LogP contribution in [-0.4, -0.2) is 18.0 Å². The lowest BCUT2D eigenvalue weighted by Gasteiger charge is -2.56. The van der Waals surface area contributed by atoms with Crippen molar-refractivity contribution in [1.29, 1.82) is 0 Å². The molecule has 0 radical (unpaired) electrons. The van der Waals surface area contributed by atoms with Crippen molar-refractivity contribution in [3.8, 4) is 0 Å². The smallest absolute Gasteiger partial charge is 0.155 e. The Kier molecular flexibility index (Phi) is 3.15. The zero-order valence-electron chi connectivity index (χ0n) is 14.5. The van der Waals surface area contributed by atoms with E-state index in [-0.39, 0.29) is 5.60 Å². The van der Waals surface area contributed by atoms with Gasteiger partial charge in [-0.2, -0.15) is 0 Å². The van der Waals surface area contributed by atoms with Crippen LogP contribution in [0.1, 0.15) is 71.1 Å². The third-order valence-corrected chi connectivity index (χ3v) is 8.69. The SMILES string of the molecule is C[C@]12CCC3C(CCC4=CC(=O)CC[C@@H]43)C1CC[C@@]21CCCO1. The number of fused-ring (bicyclic) bond motifs is 6. The van der Waals surface area contributed by atoms with Crippen LogP contribution in [0.15, 0.2) is 11.6 Å². The number of ketones is 1. The molecule has 23 heavy (non-hydrogen) atoms. The predicted octanol–water partition coefficient (Wildman–Crippen LogP) is 4.68. The molecule has 5 aliphatic rings. The summed E-state index contributed by atoms with van der Waals surface area (Å²) in [5.41, 5.74) is 2.16. The van der Waals surface area contributed by atoms with Crippen molar-refractivity contribution in [3.05, 3.63) is 11.6 Å². The predicted molar refractivity (Wildman–Crippen MR) is 90.0 cm³/mol. The number of rotatable bonds is 0. The average molecular weight is 314 g/mol. The topological polar surface area (TPSA) is 26.3 Å². The molecule has 0 aromatic carbocycles. The third-order valence-electron chi connectivity index (χ3n) is 8.69. The van der Waals surface area contributed by atoms with Gasteiger partial charge < -0.3 is 4.74 Å². The van der Waals surface area contributed by atoms with Gasteiger partial charge in [-0.05, 0) is 93.0 Å². The van der Waals surface area contributed by atoms with E-state index in [1.165, 1.54) is 56.9 Å². The van der Waals surface area contributed by atoms with Crippen LogP contribution < -0.4 is 0 Å². The van der Waals surface area contributed by atoms with Crippen LogP contribution in [0.3, 0.4) is 0 Å². The second-order valence-electron chi connectivity index (χ2n) is 9.24. The molecule has 0 N–H and O–H groups in total. The van der Waals surface area contributed by atoms with Crippen LogP contribution >= 0.6 is 0 Å². The minimum absolute atomic E-state index is 0.223. The van der Waals surface area contributed by atoms with Crippen molar-refractivity contribution in [2.75, 3.05) is 6.61 Å². The van der Waals surface area contributed by atoms with Crippen molar-refractivity contribution < 1.29 is 9.53 Å². The molecule has 5 rings (SSSR count). The van der Waals surface area contributed by atoms with Crippen molar-refractivity contribution in [2.45, 2.75) is 76.7 Å². The molecule has 0 bridgehead atoms. The molecule has 4 aliphatic carbocycles. The van der Waals surface area contributed by atoms with Gasteiger partial charge in [-0.3, -0.25) is 4.79 Å². The molecule has 1 spiro atoms. The van der Waals surface area contributed by atoms with Gasteiger partial charge in [0.2, 0.25) is 0 Å². The number of carbonyl (C=O) groups is 1. The highest BCUT2D eigenvalue weighted by Crippen LogP contribution is 2.67. The Bertz CT molecular complexity index is 556. The van der Waals surface area contributed by atoms with Gasteiger partial charge in [-0.25, -0.2) is 0 Å². The van der Waals surface area contributed by atoms with E-state index in [1.54, 1.807) is 0 Å². The molecule has 3 saturated carbocycles. The summed E-state index contributed by atoms with van der Waals surface area (Å²) in [5.74, 6) is 3.75. The monoisotopic (exact) mass is 314 g/mol. The molecular formula is C21H30O2. The lowest BCUT2D eigenvalue weighted by molar-refractivity contribution is -0.128. The lowest BCUT2D eigenvalue weighted by Crippen LogP contribution is -2.52. The van der Waals surface area contributed by atoms with Gasteiger partial charge in [0.1, 0.15) is 0 Å². The summed E-state index contributed by atoms with van der Waals surface area (Å²) in [6, 6.07) is 0. The standard InChI is InChI=1S/C21H30O2/c1-20-10-7-17-16-6-4-15(22)13-14(16)3-5-18(17)19(20)8-11-21(20)9-2-12-23-21/h13,16-19H,2-12H2,1H3/t16-,17?,18?,19?,20-,21-/m0/s1. The molecule has 2 heteroatoms. The molecule has 126 valence electrons. The van der Waals surface area contributed by atoms with E-state index in [4.69, 9.17) is 4.74 Å². The minimum atomic E-state index is 0.223. The number of allylic oxidation sites excluding steroid dienone is 1. The molecule has 2 nitrogen and oxygen atoms in total. The van der Waals surface area contributed by atoms with Gasteiger partial charge in [0.05, 0.1) is 5.60 Å². The van der Waals surface area contributed by atoms with E-state index in [1.807, 2.05) is 6.08 Å². The Hall–Kier alpha value is -0.630. The zero-order valence-corrected chi connectivity index (χ0v) is 14.5. The van der Waals surface area contributed by atoms with Crippen LogP contribution in [0.5, 0.6) is 0 Å². The summed E-state index contributed by atoms with van der Waals surface area (Å²) in [7, 11) is 0. The number of hydrogen-bond acceptors (Lipinski definition) is 2. The van der Waals surface area contributed by atoms with Crippen molar-refractivity contribution in [1.82, 2.24) is 0 Å². The molecule has 4 fully saturated rings. The van der Waals surface area contributed by atoms with Crippen molar-refractivity contribution >= 4 is 5.78 Å². The molecule has 3 unspecified atom stereocenters. The summed E-state index contributed by atoms with van der Waals surface area (Å²) < 4.78 is 6.42. The number of carbonyl (C=O) groups excluding carboxylic acids is 1. The Labute approximate surface area is 140 Å². The van der Waals surface area contributed by atoms with E-state index < -0.39 is 0 Å². The summed E-state index contributed by atoms with van der Waals surface area (Å²) in [6.07, 6.45) is 14.5. The normalized spacial score (nSPS) is 52.0. The zero-order chi connectivity index (χ0) is 15.7. The van der Waals surface area contributed by atoms with E-state index in [0.29, 0.717) is 11.2 Å². The summed E-state index contributed by atoms with van der Waals surface area (Å²) in [5, 5.41) is 0. The highest BCUT2D eigenvalue weighted by atomic mass is 16.5. The molecular weight excluding hydrogens is 284 g/mol. The first-order valence-corrected chi connectivity index (χ1v) is 10.0. The van der Waals surface area contributed by atoms with Gasteiger partial charge in [0.25, 0.3) is 0 Å². The van der Waals surface area contributed by atoms with E-state index >= 15 is 0 Å². The van der Waals surface area contributed by atoms with Gasteiger partial charge in [-0.1, -0.05) is 12.5 Å². The second-order valence-corrected chi connectivity index (χ2v) is 9.24. The third kappa shape index (κ3) is 1.88. The Morgan fingerprint density at radius 3 is 2.78 bits per heavy atom. The van der Waals surface area contributed by atoms with Crippen LogP contribution in [0.25, 0.3) is 0 Å². The minimum Gasteiger partial charge on any atom is -0.374 e. The average Bonchev–Trinajstić information content (AvgIpc) is 3.14. The van der Waals surface area contributed by atoms with Crippen LogP contribution in [0.4, 0.5) is 0 Å². The highest BCUT2D eigenvalue weighted by Gasteiger charge is 2.63. The van der Waals surface area contributed by atoms with E-state index in [2.05, 4.69) is 6.92 Å². The van der Waals surface area contributed by atoms with E-state index in [0.717, 1.165) is 43.1 Å². The first kappa shape index (κ1) is 14.7. The fourth-order valence-corrected chi connectivity index (χ4v) is 7.62. The molecule has 1 heterocycles. The molecule has 0 aromatic heterocycles. The van der Waals surface area contributed by atoms with Gasteiger partial charge in [-0.15, -0.1) is 0 Å². The molecule has 0 amide bonds. The molecule has 1 saturated heterocycles. The summed E-state index contributed by atoms with van der Waals surface area (Å²) in [6.45, 7) is 3.57. The fraction of sp³-hybridized carbons (Fsp3) is 0.857. The first-order chi connectivity index (χ1) is 11.1. The second kappa shape index (κ2) is 4.94. The highest BCUT2D eigenvalue weighted by molar-refractivity contribution is 5.91. The Balaban J connectivity index is 1.46.